The van der Waals surface area contributed by atoms with E-state index in [1.54, 1.807) is 11.3 Å². The van der Waals surface area contributed by atoms with E-state index >= 15 is 0 Å². The molecule has 5 rings (SSSR count). The first-order valence-electron chi connectivity index (χ1n) is 10.1. The first-order chi connectivity index (χ1) is 14.1. The quantitative estimate of drug-likeness (QED) is 0.558. The van der Waals surface area contributed by atoms with Gasteiger partial charge in [0.15, 0.2) is 0 Å². The molecule has 152 valence electrons. The van der Waals surface area contributed by atoms with Crippen LogP contribution >= 0.6 is 11.3 Å². The minimum absolute atomic E-state index is 0.00907. The molecular formula is C21H23F2N5S. The second-order valence-corrected chi connectivity index (χ2v) is 9.04. The molecule has 2 aliphatic rings. The van der Waals surface area contributed by atoms with Crippen LogP contribution < -0.4 is 10.6 Å². The molecule has 2 fully saturated rings. The summed E-state index contributed by atoms with van der Waals surface area (Å²) in [5.41, 5.74) is 2.65. The Kier molecular flexibility index (Phi) is 4.81. The second-order valence-electron chi connectivity index (χ2n) is 8.01. The molecule has 2 heterocycles. The van der Waals surface area contributed by atoms with Gasteiger partial charge >= 0.3 is 0 Å². The highest BCUT2D eigenvalue weighted by Crippen LogP contribution is 2.39. The van der Waals surface area contributed by atoms with E-state index in [9.17, 15) is 8.78 Å². The summed E-state index contributed by atoms with van der Waals surface area (Å²) in [7, 11) is 0. The molecule has 2 unspecified atom stereocenters. The Labute approximate surface area is 172 Å². The fourth-order valence-corrected chi connectivity index (χ4v) is 5.02. The predicted octanol–water partition coefficient (Wildman–Crippen LogP) is 5.48. The average Bonchev–Trinajstić information content (AvgIpc) is 3.20. The van der Waals surface area contributed by atoms with Crippen LogP contribution in [0.3, 0.4) is 0 Å². The summed E-state index contributed by atoms with van der Waals surface area (Å²) >= 11 is 1.60. The van der Waals surface area contributed by atoms with Gasteiger partial charge in [-0.15, -0.1) is 11.3 Å². The fourth-order valence-electron chi connectivity index (χ4n) is 3.96. The summed E-state index contributed by atoms with van der Waals surface area (Å²) in [4.78, 5) is 14.2. The Morgan fingerprint density at radius 2 is 1.79 bits per heavy atom. The molecule has 2 atom stereocenters. The molecular weight excluding hydrogens is 392 g/mol. The topological polar surface area (TPSA) is 62.7 Å². The van der Waals surface area contributed by atoms with E-state index in [2.05, 4.69) is 15.6 Å². The van der Waals surface area contributed by atoms with Crippen LogP contribution in [0.15, 0.2) is 24.3 Å². The van der Waals surface area contributed by atoms with Gasteiger partial charge < -0.3 is 10.6 Å². The van der Waals surface area contributed by atoms with Crippen molar-refractivity contribution in [3.8, 4) is 10.6 Å². The van der Waals surface area contributed by atoms with Crippen LogP contribution in [0.2, 0.25) is 0 Å². The van der Waals surface area contributed by atoms with Crippen molar-refractivity contribution in [2.45, 2.75) is 57.5 Å². The number of nitrogens with one attached hydrogen (secondary N) is 2. The molecule has 2 aliphatic carbocycles. The summed E-state index contributed by atoms with van der Waals surface area (Å²) in [6, 6.07) is 8.44. The number of rotatable bonds is 6. The van der Waals surface area contributed by atoms with Crippen LogP contribution in [0.4, 0.5) is 20.5 Å². The van der Waals surface area contributed by atoms with E-state index in [1.165, 1.54) is 0 Å². The zero-order chi connectivity index (χ0) is 20.0. The number of halogens is 2. The highest BCUT2D eigenvalue weighted by atomic mass is 32.1. The predicted molar refractivity (Wildman–Crippen MR) is 113 cm³/mol. The normalized spacial score (nSPS) is 21.8. The van der Waals surface area contributed by atoms with Crippen LogP contribution in [0.1, 0.15) is 37.8 Å². The number of para-hydroxylation sites is 1. The number of aryl methyl sites for hydroxylation is 1. The van der Waals surface area contributed by atoms with E-state index in [0.29, 0.717) is 30.6 Å². The van der Waals surface area contributed by atoms with Crippen molar-refractivity contribution < 1.29 is 8.78 Å². The Hall–Kier alpha value is -2.35. The van der Waals surface area contributed by atoms with Gasteiger partial charge in [-0.1, -0.05) is 12.1 Å². The van der Waals surface area contributed by atoms with Gasteiger partial charge in [-0.3, -0.25) is 0 Å². The van der Waals surface area contributed by atoms with Gasteiger partial charge in [0.05, 0.1) is 21.5 Å². The van der Waals surface area contributed by atoms with Crippen LogP contribution in [0.25, 0.3) is 20.8 Å². The van der Waals surface area contributed by atoms with Crippen LogP contribution in [0.5, 0.6) is 0 Å². The first-order valence-corrected chi connectivity index (χ1v) is 10.9. The van der Waals surface area contributed by atoms with E-state index in [1.807, 2.05) is 31.2 Å². The van der Waals surface area contributed by atoms with E-state index < -0.39 is 12.3 Å². The minimum atomic E-state index is -2.26. The number of aromatic nitrogens is 3. The molecule has 3 aromatic rings. The number of nitrogens with zero attached hydrogens (tertiary/aromatic N) is 3. The molecule has 5 nitrogen and oxygen atoms in total. The lowest BCUT2D eigenvalue weighted by atomic mass is 10.1. The third-order valence-electron chi connectivity index (χ3n) is 5.68. The Morgan fingerprint density at radius 3 is 2.52 bits per heavy atom. The lowest BCUT2D eigenvalue weighted by Crippen LogP contribution is -2.20. The van der Waals surface area contributed by atoms with Crippen LogP contribution in [-0.4, -0.2) is 33.5 Å². The third kappa shape index (κ3) is 3.90. The van der Waals surface area contributed by atoms with Gasteiger partial charge in [0.1, 0.15) is 10.8 Å². The third-order valence-corrected chi connectivity index (χ3v) is 6.73. The first kappa shape index (κ1) is 18.7. The second kappa shape index (κ2) is 7.48. The number of fused-ring (bicyclic) bond motifs is 1. The van der Waals surface area contributed by atoms with Gasteiger partial charge in [0.2, 0.25) is 12.4 Å². The van der Waals surface area contributed by atoms with Crippen molar-refractivity contribution in [2.75, 3.05) is 10.6 Å². The van der Waals surface area contributed by atoms with Crippen LogP contribution in [-0.2, 0) is 0 Å². The summed E-state index contributed by atoms with van der Waals surface area (Å²) in [6.45, 7) is 1.96. The SMILES string of the molecule is Cc1nc(NC2CC2)nc(NC2CCC(C(F)F)C2)c1-c1nc2ccccc2s1. The lowest BCUT2D eigenvalue weighted by Gasteiger charge is -2.18. The highest BCUT2D eigenvalue weighted by molar-refractivity contribution is 7.21. The summed E-state index contributed by atoms with van der Waals surface area (Å²) in [5, 5.41) is 7.66. The van der Waals surface area contributed by atoms with E-state index in [4.69, 9.17) is 9.97 Å². The molecule has 0 radical (unpaired) electrons. The molecule has 2 N–H and O–H groups in total. The Morgan fingerprint density at radius 1 is 1.00 bits per heavy atom. The van der Waals surface area contributed by atoms with Crippen molar-refractivity contribution in [1.29, 1.82) is 0 Å². The summed E-state index contributed by atoms with van der Waals surface area (Å²) < 4.78 is 27.3. The number of hydrogen-bond donors (Lipinski definition) is 2. The molecule has 0 aliphatic heterocycles. The number of alkyl halides is 2. The monoisotopic (exact) mass is 415 g/mol. The van der Waals surface area contributed by atoms with Gasteiger partial charge in [-0.2, -0.15) is 4.98 Å². The van der Waals surface area contributed by atoms with Gasteiger partial charge in [0.25, 0.3) is 0 Å². The molecule has 0 bridgehead atoms. The Bertz CT molecular complexity index is 1000. The van der Waals surface area contributed by atoms with Crippen molar-refractivity contribution in [1.82, 2.24) is 15.0 Å². The maximum absolute atomic E-state index is 13.1. The molecule has 0 spiro atoms. The highest BCUT2D eigenvalue weighted by Gasteiger charge is 2.32. The molecule has 0 amide bonds. The summed E-state index contributed by atoms with van der Waals surface area (Å²) in [5.74, 6) is 0.755. The average molecular weight is 416 g/mol. The zero-order valence-corrected chi connectivity index (χ0v) is 17.0. The zero-order valence-electron chi connectivity index (χ0n) is 16.2. The molecule has 1 aromatic carbocycles. The molecule has 29 heavy (non-hydrogen) atoms. The fraction of sp³-hybridized carbons (Fsp3) is 0.476. The van der Waals surface area contributed by atoms with Crippen molar-refractivity contribution in [3.63, 3.8) is 0 Å². The Balaban J connectivity index is 1.51. The van der Waals surface area contributed by atoms with Crippen LogP contribution in [0, 0.1) is 12.8 Å². The van der Waals surface area contributed by atoms with Gasteiger partial charge in [0, 0.05) is 18.0 Å². The summed E-state index contributed by atoms with van der Waals surface area (Å²) in [6.07, 6.45) is 1.73. The van der Waals surface area contributed by atoms with Crippen molar-refractivity contribution in [3.05, 3.63) is 30.0 Å². The standard InChI is InChI=1S/C21H23F2N5S/c1-11-17(20-27-15-4-2-3-5-16(15)29-20)19(28-21(24-11)26-13-8-9-13)25-14-7-6-12(10-14)18(22)23/h2-5,12-14,18H,6-10H2,1H3,(H2,24,25,26,28). The molecule has 2 aromatic heterocycles. The number of hydrogen-bond acceptors (Lipinski definition) is 6. The molecule has 2 saturated carbocycles. The maximum atomic E-state index is 13.1. The lowest BCUT2D eigenvalue weighted by molar-refractivity contribution is 0.0803. The molecule has 0 saturated heterocycles. The van der Waals surface area contributed by atoms with Crippen molar-refractivity contribution in [2.24, 2.45) is 5.92 Å². The number of thiazole rings is 1. The van der Waals surface area contributed by atoms with Gasteiger partial charge in [-0.05, 0) is 51.2 Å². The van der Waals surface area contributed by atoms with E-state index in [0.717, 1.165) is 45.7 Å². The number of anilines is 2. The number of benzene rings is 1. The maximum Gasteiger partial charge on any atom is 0.241 e. The van der Waals surface area contributed by atoms with E-state index in [-0.39, 0.29) is 6.04 Å². The minimum Gasteiger partial charge on any atom is -0.367 e. The largest absolute Gasteiger partial charge is 0.367 e. The molecule has 8 heteroatoms. The van der Waals surface area contributed by atoms with Gasteiger partial charge in [-0.25, -0.2) is 18.7 Å². The smallest absolute Gasteiger partial charge is 0.241 e. The van der Waals surface area contributed by atoms with Crippen molar-refractivity contribution >= 4 is 33.3 Å².